The van der Waals surface area contributed by atoms with Crippen molar-refractivity contribution in [3.05, 3.63) is 103 Å². The number of rotatable bonds is 8. The number of anilines is 2. The molecule has 6 N–H and O–H groups in total. The van der Waals surface area contributed by atoms with E-state index in [9.17, 15) is 24.0 Å². The molecule has 2 amide bonds. The maximum absolute atomic E-state index is 14.0. The lowest BCUT2D eigenvalue weighted by molar-refractivity contribution is -0.117. The van der Waals surface area contributed by atoms with Crippen LogP contribution in [-0.4, -0.2) is 46.7 Å². The molecule has 5 heterocycles. The fourth-order valence-electron chi connectivity index (χ4n) is 5.15. The zero-order valence-corrected chi connectivity index (χ0v) is 23.9. The number of fused-ring (bicyclic) bond motifs is 2. The maximum atomic E-state index is 14.0. The molecule has 16 heteroatoms. The Morgan fingerprint density at radius 1 is 0.804 bits per heavy atom. The van der Waals surface area contributed by atoms with Crippen molar-refractivity contribution in [2.45, 2.75) is 19.9 Å². The molecule has 230 valence electrons. The van der Waals surface area contributed by atoms with Crippen molar-refractivity contribution >= 4 is 45.3 Å². The molecule has 7 rings (SSSR count). The summed E-state index contributed by atoms with van der Waals surface area (Å²) < 4.78 is 12.1. The van der Waals surface area contributed by atoms with E-state index in [0.717, 1.165) is 4.68 Å². The predicted molar refractivity (Wildman–Crippen MR) is 165 cm³/mol. The molecule has 0 bridgehead atoms. The number of aryl methyl sites for hydroxylation is 1. The van der Waals surface area contributed by atoms with Gasteiger partial charge in [0.15, 0.2) is 11.5 Å². The third-order valence-electron chi connectivity index (χ3n) is 7.11. The Kier molecular flexibility index (Phi) is 6.77. The first-order valence-electron chi connectivity index (χ1n) is 13.9. The largest absolute Gasteiger partial charge is 0.463 e. The number of benzene rings is 2. The molecule has 0 unspecified atom stereocenters. The molecule has 16 nitrogen and oxygen atoms in total. The molecular weight excluding hydrogens is 598 g/mol. The summed E-state index contributed by atoms with van der Waals surface area (Å²) in [6, 6.07) is 14.4. The standard InChI is InChI=1S/C30H23N9O7/c1-14-9-23(46-38-14)26-17(12-24(40)31-15-4-6-18-20(10-15)35-29(43)33-18)28(42)39(37-27(26)22-3-2-8-45-22)13-25(41)32-16-5-7-19-21(11-16)36-30(44)34-19/h2-11H,12-13H2,1H3,(H,31,40)(H,32,41)(H2,33,35,43)(H2,34,36,44). The predicted octanol–water partition coefficient (Wildman–Crippen LogP) is 2.63. The lowest BCUT2D eigenvalue weighted by atomic mass is 10.0. The molecule has 0 saturated carbocycles. The number of furan rings is 1. The number of imidazole rings is 2. The van der Waals surface area contributed by atoms with E-state index in [2.05, 4.69) is 40.8 Å². The highest BCUT2D eigenvalue weighted by Gasteiger charge is 2.27. The minimum atomic E-state index is -0.722. The summed E-state index contributed by atoms with van der Waals surface area (Å²) in [6.45, 7) is 1.18. The van der Waals surface area contributed by atoms with Crippen molar-refractivity contribution in [1.82, 2.24) is 34.9 Å². The third kappa shape index (κ3) is 5.41. The van der Waals surface area contributed by atoms with Gasteiger partial charge in [0, 0.05) is 23.0 Å². The fourth-order valence-corrected chi connectivity index (χ4v) is 5.15. The smallest absolute Gasteiger partial charge is 0.323 e. The monoisotopic (exact) mass is 621 g/mol. The van der Waals surface area contributed by atoms with E-state index in [0.29, 0.717) is 39.1 Å². The number of H-pyrrole nitrogens is 4. The minimum absolute atomic E-state index is 0.0229. The van der Waals surface area contributed by atoms with Gasteiger partial charge in [-0.2, -0.15) is 5.10 Å². The van der Waals surface area contributed by atoms with E-state index < -0.39 is 41.7 Å². The fraction of sp³-hybridized carbons (Fsp3) is 0.100. The maximum Gasteiger partial charge on any atom is 0.323 e. The van der Waals surface area contributed by atoms with Crippen LogP contribution in [0.5, 0.6) is 0 Å². The van der Waals surface area contributed by atoms with Crippen LogP contribution in [0.15, 0.2) is 84.2 Å². The van der Waals surface area contributed by atoms with Gasteiger partial charge in [-0.15, -0.1) is 0 Å². The molecule has 0 spiro atoms. The first-order valence-corrected chi connectivity index (χ1v) is 13.9. The molecule has 0 aliphatic carbocycles. The van der Waals surface area contributed by atoms with Gasteiger partial charge in [0.25, 0.3) is 5.56 Å². The van der Waals surface area contributed by atoms with Gasteiger partial charge in [-0.05, 0) is 55.5 Å². The van der Waals surface area contributed by atoms with Gasteiger partial charge < -0.3 is 39.5 Å². The lowest BCUT2D eigenvalue weighted by Gasteiger charge is -2.15. The molecule has 0 aliphatic rings. The van der Waals surface area contributed by atoms with Crippen molar-refractivity contribution < 1.29 is 18.5 Å². The minimum Gasteiger partial charge on any atom is -0.463 e. The van der Waals surface area contributed by atoms with Crippen molar-refractivity contribution in [1.29, 1.82) is 0 Å². The highest BCUT2D eigenvalue weighted by Crippen LogP contribution is 2.33. The highest BCUT2D eigenvalue weighted by atomic mass is 16.5. The van der Waals surface area contributed by atoms with Crippen LogP contribution in [0.1, 0.15) is 11.3 Å². The Morgan fingerprint density at radius 2 is 1.43 bits per heavy atom. The number of hydrogen-bond donors (Lipinski definition) is 6. The van der Waals surface area contributed by atoms with Gasteiger partial charge in [0.2, 0.25) is 11.8 Å². The van der Waals surface area contributed by atoms with E-state index in [1.165, 1.54) is 6.26 Å². The Morgan fingerprint density at radius 3 is 2.02 bits per heavy atom. The normalized spacial score (nSPS) is 11.3. The summed E-state index contributed by atoms with van der Waals surface area (Å²) in [5, 5.41) is 13.9. The van der Waals surface area contributed by atoms with Gasteiger partial charge in [0.1, 0.15) is 12.2 Å². The topological polar surface area (TPSA) is 230 Å². The second-order valence-corrected chi connectivity index (χ2v) is 10.4. The average molecular weight is 622 g/mol. The molecule has 7 aromatic rings. The van der Waals surface area contributed by atoms with Gasteiger partial charge in [-0.3, -0.25) is 14.4 Å². The molecular formula is C30H23N9O7. The van der Waals surface area contributed by atoms with Gasteiger partial charge in [-0.1, -0.05) is 5.16 Å². The van der Waals surface area contributed by atoms with E-state index in [1.807, 2.05) is 0 Å². The average Bonchev–Trinajstić information content (AvgIpc) is 3.81. The lowest BCUT2D eigenvalue weighted by Crippen LogP contribution is -2.34. The number of aromatic nitrogens is 7. The second kappa shape index (κ2) is 11.1. The van der Waals surface area contributed by atoms with Crippen LogP contribution in [-0.2, 0) is 22.6 Å². The SMILES string of the molecule is Cc1cc(-c2c(-c3ccco3)nn(CC(=O)Nc3ccc4[nH]c(=O)[nH]c4c3)c(=O)c2CC(=O)Nc2ccc3[nH]c(=O)[nH]c3c2)on1. The number of nitrogens with one attached hydrogen (secondary N) is 6. The van der Waals surface area contributed by atoms with E-state index in [-0.39, 0.29) is 28.3 Å². The molecule has 0 fully saturated rings. The number of aromatic amines is 4. The van der Waals surface area contributed by atoms with Crippen molar-refractivity contribution in [3.63, 3.8) is 0 Å². The first-order chi connectivity index (χ1) is 22.2. The van der Waals surface area contributed by atoms with Gasteiger partial charge in [0.05, 0.1) is 46.0 Å². The van der Waals surface area contributed by atoms with Crippen LogP contribution in [0, 0.1) is 6.92 Å². The van der Waals surface area contributed by atoms with Crippen LogP contribution in [0.3, 0.4) is 0 Å². The van der Waals surface area contributed by atoms with Crippen molar-refractivity contribution in [2.75, 3.05) is 10.6 Å². The van der Waals surface area contributed by atoms with Crippen LogP contribution < -0.4 is 27.6 Å². The Labute approximate surface area is 255 Å². The number of nitrogens with zero attached hydrogens (tertiary/aromatic N) is 3. The molecule has 5 aromatic heterocycles. The second-order valence-electron chi connectivity index (χ2n) is 10.4. The Bertz CT molecular complexity index is 2460. The van der Waals surface area contributed by atoms with E-state index >= 15 is 0 Å². The summed E-state index contributed by atoms with van der Waals surface area (Å²) in [6.07, 6.45) is 0.981. The molecule has 0 radical (unpaired) electrons. The zero-order valence-electron chi connectivity index (χ0n) is 23.9. The van der Waals surface area contributed by atoms with Gasteiger partial charge >= 0.3 is 11.4 Å². The molecule has 0 aliphatic heterocycles. The number of carbonyl (C=O) groups excluding carboxylic acids is 2. The molecule has 2 aromatic carbocycles. The zero-order chi connectivity index (χ0) is 31.9. The van der Waals surface area contributed by atoms with Crippen LogP contribution >= 0.6 is 0 Å². The first kappa shape index (κ1) is 28.1. The summed E-state index contributed by atoms with van der Waals surface area (Å²) in [5.74, 6) is -0.727. The van der Waals surface area contributed by atoms with E-state index in [4.69, 9.17) is 8.94 Å². The number of carbonyl (C=O) groups is 2. The van der Waals surface area contributed by atoms with Crippen LogP contribution in [0.2, 0.25) is 0 Å². The summed E-state index contributed by atoms with van der Waals surface area (Å²) >= 11 is 0. The quantitative estimate of drug-likeness (QED) is 0.146. The summed E-state index contributed by atoms with van der Waals surface area (Å²) in [7, 11) is 0. The number of hydrogen-bond acceptors (Lipinski definition) is 9. The van der Waals surface area contributed by atoms with Crippen molar-refractivity contribution in [2.24, 2.45) is 0 Å². The molecule has 46 heavy (non-hydrogen) atoms. The molecule has 0 saturated heterocycles. The van der Waals surface area contributed by atoms with Gasteiger partial charge in [-0.25, -0.2) is 14.3 Å². The third-order valence-corrected chi connectivity index (χ3v) is 7.11. The Balaban J connectivity index is 1.26. The van der Waals surface area contributed by atoms with Crippen molar-refractivity contribution in [3.8, 4) is 22.8 Å². The number of amides is 2. The van der Waals surface area contributed by atoms with Crippen LogP contribution in [0.4, 0.5) is 11.4 Å². The highest BCUT2D eigenvalue weighted by molar-refractivity contribution is 5.96. The summed E-state index contributed by atoms with van der Waals surface area (Å²) in [5.41, 5.74) is 2.17. The van der Waals surface area contributed by atoms with Crippen LogP contribution in [0.25, 0.3) is 44.8 Å². The molecule has 0 atom stereocenters. The van der Waals surface area contributed by atoms with E-state index in [1.54, 1.807) is 61.5 Å². The Hall–Kier alpha value is -6.71. The summed E-state index contributed by atoms with van der Waals surface area (Å²) in [4.78, 5) is 74.3.